The van der Waals surface area contributed by atoms with Gasteiger partial charge in [0, 0.05) is 13.5 Å². The molecule has 1 aromatic rings. The van der Waals surface area contributed by atoms with E-state index in [9.17, 15) is 0 Å². The second kappa shape index (κ2) is 4.14. The van der Waals surface area contributed by atoms with Crippen LogP contribution in [0.15, 0.2) is 4.52 Å². The average Bonchev–Trinajstić information content (AvgIpc) is 2.65. The maximum absolute atomic E-state index is 6.36. The second-order valence-electron chi connectivity index (χ2n) is 4.90. The first kappa shape index (κ1) is 11.5. The zero-order chi connectivity index (χ0) is 11.8. The summed E-state index contributed by atoms with van der Waals surface area (Å²) >= 11 is 0. The molecule has 2 rings (SSSR count). The van der Waals surface area contributed by atoms with Gasteiger partial charge in [0.05, 0.1) is 11.6 Å². The van der Waals surface area contributed by atoms with Crippen LogP contribution in [0.2, 0.25) is 0 Å². The van der Waals surface area contributed by atoms with Gasteiger partial charge < -0.3 is 15.0 Å². The summed E-state index contributed by atoms with van der Waals surface area (Å²) in [4.78, 5) is 4.24. The molecule has 0 aliphatic carbocycles. The van der Waals surface area contributed by atoms with Gasteiger partial charge in [-0.2, -0.15) is 4.98 Å². The van der Waals surface area contributed by atoms with E-state index in [0.29, 0.717) is 24.2 Å². The van der Waals surface area contributed by atoms with Crippen LogP contribution in [0.5, 0.6) is 0 Å². The molecule has 90 valence electrons. The third kappa shape index (κ3) is 2.10. The van der Waals surface area contributed by atoms with Crippen molar-refractivity contribution >= 4 is 0 Å². The van der Waals surface area contributed by atoms with Gasteiger partial charge in [-0.05, 0) is 18.8 Å². The second-order valence-corrected chi connectivity index (χ2v) is 4.90. The van der Waals surface area contributed by atoms with E-state index in [2.05, 4.69) is 24.0 Å². The molecular weight excluding hydrogens is 206 g/mol. The molecule has 0 saturated carbocycles. The van der Waals surface area contributed by atoms with E-state index in [4.69, 9.17) is 15.0 Å². The molecule has 0 radical (unpaired) electrons. The van der Waals surface area contributed by atoms with Gasteiger partial charge in [0.25, 0.3) is 0 Å². The lowest BCUT2D eigenvalue weighted by Crippen LogP contribution is -2.47. The highest BCUT2D eigenvalue weighted by atomic mass is 16.5. The molecule has 0 amide bonds. The number of aryl methyl sites for hydroxylation is 1. The van der Waals surface area contributed by atoms with Crippen LogP contribution in [0, 0.1) is 12.8 Å². The van der Waals surface area contributed by atoms with Crippen LogP contribution in [0.4, 0.5) is 0 Å². The third-order valence-corrected chi connectivity index (χ3v) is 3.16. The monoisotopic (exact) mass is 225 g/mol. The average molecular weight is 225 g/mol. The minimum Gasteiger partial charge on any atom is -0.378 e. The minimum atomic E-state index is -0.495. The zero-order valence-corrected chi connectivity index (χ0v) is 10.1. The van der Waals surface area contributed by atoms with Crippen LogP contribution < -0.4 is 5.73 Å². The van der Waals surface area contributed by atoms with E-state index in [-0.39, 0.29) is 6.10 Å². The maximum Gasteiger partial charge on any atom is 0.223 e. The smallest absolute Gasteiger partial charge is 0.223 e. The molecule has 2 N–H and O–H groups in total. The quantitative estimate of drug-likeness (QED) is 0.822. The largest absolute Gasteiger partial charge is 0.378 e. The Morgan fingerprint density at radius 1 is 1.50 bits per heavy atom. The van der Waals surface area contributed by atoms with Gasteiger partial charge in [-0.15, -0.1) is 0 Å². The Hall–Kier alpha value is -0.940. The number of hydrogen-bond acceptors (Lipinski definition) is 5. The maximum atomic E-state index is 6.36. The van der Waals surface area contributed by atoms with Crippen molar-refractivity contribution in [1.82, 2.24) is 10.1 Å². The van der Waals surface area contributed by atoms with E-state index in [1.807, 2.05) is 0 Å². The highest BCUT2D eigenvalue weighted by Gasteiger charge is 2.39. The van der Waals surface area contributed by atoms with Crippen LogP contribution in [0.3, 0.4) is 0 Å². The Balaban J connectivity index is 2.18. The Morgan fingerprint density at radius 3 is 2.81 bits per heavy atom. The first-order chi connectivity index (χ1) is 7.51. The molecule has 0 bridgehead atoms. The topological polar surface area (TPSA) is 74.2 Å². The van der Waals surface area contributed by atoms with Crippen LogP contribution in [0.1, 0.15) is 38.4 Å². The molecule has 5 heteroatoms. The lowest BCUT2D eigenvalue weighted by atomic mass is 9.83. The van der Waals surface area contributed by atoms with Gasteiger partial charge in [0.15, 0.2) is 5.82 Å². The molecule has 1 aromatic heterocycles. The molecule has 1 saturated heterocycles. The number of hydrogen-bond donors (Lipinski definition) is 1. The van der Waals surface area contributed by atoms with Gasteiger partial charge in [-0.3, -0.25) is 0 Å². The molecule has 2 heterocycles. The van der Waals surface area contributed by atoms with Gasteiger partial charge >= 0.3 is 0 Å². The standard InChI is InChI=1S/C11H19N3O2/c1-7(2)9-6-11(12,4-5-15-9)10-13-8(3)16-14-10/h7,9H,4-6,12H2,1-3H3. The Kier molecular flexibility index (Phi) is 2.99. The zero-order valence-electron chi connectivity index (χ0n) is 10.1. The molecule has 2 unspecified atom stereocenters. The molecule has 1 aliphatic rings. The highest BCUT2D eigenvalue weighted by molar-refractivity contribution is 5.06. The van der Waals surface area contributed by atoms with E-state index in [1.54, 1.807) is 6.92 Å². The summed E-state index contributed by atoms with van der Waals surface area (Å²) in [5.41, 5.74) is 5.86. The van der Waals surface area contributed by atoms with Gasteiger partial charge in [0.2, 0.25) is 5.89 Å². The molecular formula is C11H19N3O2. The summed E-state index contributed by atoms with van der Waals surface area (Å²) in [7, 11) is 0. The van der Waals surface area contributed by atoms with Crippen molar-refractivity contribution in [2.75, 3.05) is 6.61 Å². The van der Waals surface area contributed by atoms with Crippen LogP contribution in [0.25, 0.3) is 0 Å². The first-order valence-electron chi connectivity index (χ1n) is 5.72. The molecule has 0 aromatic carbocycles. The van der Waals surface area contributed by atoms with Crippen molar-refractivity contribution in [2.45, 2.75) is 45.3 Å². The predicted octanol–water partition coefficient (Wildman–Crippen LogP) is 1.37. The first-order valence-corrected chi connectivity index (χ1v) is 5.72. The molecule has 1 fully saturated rings. The molecule has 0 spiro atoms. The van der Waals surface area contributed by atoms with E-state index < -0.39 is 5.54 Å². The van der Waals surface area contributed by atoms with Crippen LogP contribution in [-0.4, -0.2) is 22.9 Å². The summed E-state index contributed by atoms with van der Waals surface area (Å²) in [6, 6.07) is 0. The van der Waals surface area contributed by atoms with Gasteiger partial charge in [-0.25, -0.2) is 0 Å². The van der Waals surface area contributed by atoms with E-state index in [1.165, 1.54) is 0 Å². The van der Waals surface area contributed by atoms with Crippen molar-refractivity contribution in [2.24, 2.45) is 11.7 Å². The van der Waals surface area contributed by atoms with Crippen LogP contribution in [-0.2, 0) is 10.3 Å². The number of ether oxygens (including phenoxy) is 1. The fraction of sp³-hybridized carbons (Fsp3) is 0.818. The lowest BCUT2D eigenvalue weighted by molar-refractivity contribution is -0.0460. The SMILES string of the molecule is Cc1nc(C2(N)CCOC(C(C)C)C2)no1. The molecule has 5 nitrogen and oxygen atoms in total. The van der Waals surface area contributed by atoms with Crippen molar-refractivity contribution in [3.05, 3.63) is 11.7 Å². The van der Waals surface area contributed by atoms with Crippen molar-refractivity contribution in [1.29, 1.82) is 0 Å². The van der Waals surface area contributed by atoms with E-state index in [0.717, 1.165) is 12.8 Å². The summed E-state index contributed by atoms with van der Waals surface area (Å²) in [5.74, 6) is 1.63. The molecule has 16 heavy (non-hydrogen) atoms. The Morgan fingerprint density at radius 2 is 2.25 bits per heavy atom. The lowest BCUT2D eigenvalue weighted by Gasteiger charge is -2.37. The van der Waals surface area contributed by atoms with Gasteiger partial charge in [-0.1, -0.05) is 19.0 Å². The Labute approximate surface area is 95.3 Å². The normalized spacial score (nSPS) is 30.9. The number of aromatic nitrogens is 2. The van der Waals surface area contributed by atoms with Crippen molar-refractivity contribution < 1.29 is 9.26 Å². The van der Waals surface area contributed by atoms with Gasteiger partial charge in [0.1, 0.15) is 0 Å². The fourth-order valence-corrected chi connectivity index (χ4v) is 2.05. The van der Waals surface area contributed by atoms with Crippen LogP contribution >= 0.6 is 0 Å². The fourth-order valence-electron chi connectivity index (χ4n) is 2.05. The summed E-state index contributed by atoms with van der Waals surface area (Å²) < 4.78 is 10.7. The predicted molar refractivity (Wildman–Crippen MR) is 58.7 cm³/mol. The highest BCUT2D eigenvalue weighted by Crippen LogP contribution is 2.33. The summed E-state index contributed by atoms with van der Waals surface area (Å²) in [6.45, 7) is 6.71. The third-order valence-electron chi connectivity index (χ3n) is 3.16. The van der Waals surface area contributed by atoms with Crippen molar-refractivity contribution in [3.8, 4) is 0 Å². The molecule has 1 aliphatic heterocycles. The number of rotatable bonds is 2. The molecule has 2 atom stereocenters. The summed E-state index contributed by atoms with van der Waals surface area (Å²) in [6.07, 6.45) is 1.68. The minimum absolute atomic E-state index is 0.178. The Bertz CT molecular complexity index is 364. The summed E-state index contributed by atoms with van der Waals surface area (Å²) in [5, 5.41) is 3.94. The van der Waals surface area contributed by atoms with E-state index >= 15 is 0 Å². The number of nitrogens with two attached hydrogens (primary N) is 1. The number of nitrogens with zero attached hydrogens (tertiary/aromatic N) is 2. The van der Waals surface area contributed by atoms with Crippen molar-refractivity contribution in [3.63, 3.8) is 0 Å².